The maximum absolute atomic E-state index is 12.6. The largest absolute Gasteiger partial charge is 0.451 e. The molecule has 7 nitrogen and oxygen atoms in total. The van der Waals surface area contributed by atoms with E-state index < -0.39 is 24.0 Å². The van der Waals surface area contributed by atoms with Crippen molar-refractivity contribution in [3.8, 4) is 12.1 Å². The number of hydrogen-bond acceptors (Lipinski definition) is 5. The maximum Gasteiger partial charge on any atom is 0.349 e. The monoisotopic (exact) mass is 424 g/mol. The molecule has 31 heavy (non-hydrogen) atoms. The topological polar surface area (TPSA) is 99.1 Å². The van der Waals surface area contributed by atoms with Crippen LogP contribution in [0.2, 0.25) is 0 Å². The molecule has 1 aliphatic carbocycles. The van der Waals surface area contributed by atoms with Gasteiger partial charge in [0.1, 0.15) is 17.2 Å². The summed E-state index contributed by atoms with van der Waals surface area (Å²) >= 11 is 0. The molecule has 2 rings (SSSR count). The Labute approximate surface area is 184 Å². The summed E-state index contributed by atoms with van der Waals surface area (Å²) in [6.07, 6.45) is 5.58. The van der Waals surface area contributed by atoms with E-state index in [0.717, 1.165) is 42.8 Å². The number of likely N-dealkylation sites (N-methyl/N-ethyl adjacent to an activating group) is 1. The lowest BCUT2D eigenvalue weighted by Crippen LogP contribution is -2.51. The SMILES string of the molecule is Cc1cc(/C=C(\C#N)C(=O)OCC(=O)N(C)C2(C#N)CCCCC2)c(C)n1CC(C)C. The van der Waals surface area contributed by atoms with Crippen molar-refractivity contribution in [3.05, 3.63) is 28.6 Å². The van der Waals surface area contributed by atoms with E-state index in [9.17, 15) is 20.1 Å². The van der Waals surface area contributed by atoms with Gasteiger partial charge in [0.05, 0.1) is 6.07 Å². The number of nitriles is 2. The molecule has 0 aliphatic heterocycles. The Kier molecular flexibility index (Phi) is 8.05. The smallest absolute Gasteiger partial charge is 0.349 e. The average molecular weight is 425 g/mol. The van der Waals surface area contributed by atoms with E-state index >= 15 is 0 Å². The third-order valence-corrected chi connectivity index (χ3v) is 6.03. The van der Waals surface area contributed by atoms with Gasteiger partial charge in [-0.25, -0.2) is 4.79 Å². The number of hydrogen-bond donors (Lipinski definition) is 0. The molecule has 1 aromatic rings. The van der Waals surface area contributed by atoms with Gasteiger partial charge in [-0.3, -0.25) is 4.79 Å². The van der Waals surface area contributed by atoms with Crippen LogP contribution in [0.15, 0.2) is 11.6 Å². The number of nitrogens with zero attached hydrogens (tertiary/aromatic N) is 4. The van der Waals surface area contributed by atoms with Crippen LogP contribution >= 0.6 is 0 Å². The average Bonchev–Trinajstić information content (AvgIpc) is 3.02. The fourth-order valence-electron chi connectivity index (χ4n) is 4.11. The van der Waals surface area contributed by atoms with Crippen molar-refractivity contribution in [2.45, 2.75) is 71.9 Å². The molecule has 1 aromatic heterocycles. The summed E-state index contributed by atoms with van der Waals surface area (Å²) in [4.78, 5) is 26.4. The number of ether oxygens (including phenoxy) is 1. The van der Waals surface area contributed by atoms with Gasteiger partial charge < -0.3 is 14.2 Å². The fraction of sp³-hybridized carbons (Fsp3) is 0.583. The van der Waals surface area contributed by atoms with Gasteiger partial charge in [-0.15, -0.1) is 0 Å². The van der Waals surface area contributed by atoms with Crippen LogP contribution < -0.4 is 0 Å². The molecule has 0 aromatic carbocycles. The van der Waals surface area contributed by atoms with Crippen LogP contribution in [-0.4, -0.2) is 40.5 Å². The van der Waals surface area contributed by atoms with Gasteiger partial charge >= 0.3 is 5.97 Å². The van der Waals surface area contributed by atoms with Gasteiger partial charge in [0.2, 0.25) is 0 Å². The first-order chi connectivity index (χ1) is 14.6. The molecular formula is C24H32N4O3. The third kappa shape index (κ3) is 5.55. The molecule has 0 bridgehead atoms. The van der Waals surface area contributed by atoms with E-state index in [2.05, 4.69) is 24.5 Å². The van der Waals surface area contributed by atoms with Crippen LogP contribution in [0.4, 0.5) is 0 Å². The quantitative estimate of drug-likeness (QED) is 0.375. The van der Waals surface area contributed by atoms with E-state index in [0.29, 0.717) is 18.8 Å². The second-order valence-electron chi connectivity index (χ2n) is 8.73. The number of carbonyl (C=O) groups is 2. The van der Waals surface area contributed by atoms with Gasteiger partial charge in [-0.2, -0.15) is 10.5 Å². The molecule has 7 heteroatoms. The Hall–Kier alpha value is -3.06. The molecular weight excluding hydrogens is 392 g/mol. The zero-order chi connectivity index (χ0) is 23.2. The molecule has 1 amide bonds. The second-order valence-corrected chi connectivity index (χ2v) is 8.73. The summed E-state index contributed by atoms with van der Waals surface area (Å²) in [5, 5.41) is 19.1. The van der Waals surface area contributed by atoms with Crippen LogP contribution in [0.1, 0.15) is 62.9 Å². The predicted molar refractivity (Wildman–Crippen MR) is 117 cm³/mol. The van der Waals surface area contributed by atoms with Crippen molar-refractivity contribution < 1.29 is 14.3 Å². The van der Waals surface area contributed by atoms with E-state index in [-0.39, 0.29) is 5.57 Å². The summed E-state index contributed by atoms with van der Waals surface area (Å²) in [6.45, 7) is 8.55. The minimum absolute atomic E-state index is 0.159. The van der Waals surface area contributed by atoms with Crippen molar-refractivity contribution in [2.75, 3.05) is 13.7 Å². The summed E-state index contributed by atoms with van der Waals surface area (Å²) in [7, 11) is 1.58. The van der Waals surface area contributed by atoms with Gasteiger partial charge in [0, 0.05) is 25.0 Å². The molecule has 0 atom stereocenters. The first-order valence-electron chi connectivity index (χ1n) is 10.8. The minimum atomic E-state index is -0.844. The molecule has 166 valence electrons. The molecule has 0 spiro atoms. The summed E-state index contributed by atoms with van der Waals surface area (Å²) in [5.74, 6) is -0.817. The molecule has 0 N–H and O–H groups in total. The molecule has 1 fully saturated rings. The van der Waals surface area contributed by atoms with Crippen LogP contribution in [0.25, 0.3) is 6.08 Å². The highest BCUT2D eigenvalue weighted by molar-refractivity contribution is 5.99. The van der Waals surface area contributed by atoms with Crippen molar-refractivity contribution in [1.82, 2.24) is 9.47 Å². The first kappa shape index (κ1) is 24.2. The van der Waals surface area contributed by atoms with E-state index in [1.165, 1.54) is 11.0 Å². The first-order valence-corrected chi connectivity index (χ1v) is 10.8. The molecule has 0 saturated heterocycles. The van der Waals surface area contributed by atoms with Gasteiger partial charge in [0.25, 0.3) is 5.91 Å². The Morgan fingerprint density at radius 1 is 1.26 bits per heavy atom. The van der Waals surface area contributed by atoms with Crippen molar-refractivity contribution in [1.29, 1.82) is 10.5 Å². The summed E-state index contributed by atoms with van der Waals surface area (Å²) in [5.41, 5.74) is 1.79. The Bertz CT molecular complexity index is 937. The van der Waals surface area contributed by atoms with Crippen LogP contribution in [0.5, 0.6) is 0 Å². The van der Waals surface area contributed by atoms with Crippen LogP contribution in [0.3, 0.4) is 0 Å². The normalized spacial score (nSPS) is 15.8. The number of amides is 1. The molecule has 0 unspecified atom stereocenters. The van der Waals surface area contributed by atoms with Gasteiger partial charge in [-0.1, -0.05) is 33.1 Å². The van der Waals surface area contributed by atoms with Crippen molar-refractivity contribution >= 4 is 18.0 Å². The fourth-order valence-corrected chi connectivity index (χ4v) is 4.11. The van der Waals surface area contributed by atoms with E-state index in [4.69, 9.17) is 4.74 Å². The van der Waals surface area contributed by atoms with Crippen LogP contribution in [-0.2, 0) is 20.9 Å². The lowest BCUT2D eigenvalue weighted by Gasteiger charge is -2.38. The second kappa shape index (κ2) is 10.3. The Morgan fingerprint density at radius 3 is 2.45 bits per heavy atom. The summed E-state index contributed by atoms with van der Waals surface area (Å²) < 4.78 is 7.29. The molecule has 1 heterocycles. The molecule has 1 aliphatic rings. The van der Waals surface area contributed by atoms with Crippen LogP contribution in [0, 0.1) is 42.4 Å². The highest BCUT2D eigenvalue weighted by Crippen LogP contribution is 2.32. The highest BCUT2D eigenvalue weighted by Gasteiger charge is 2.39. The minimum Gasteiger partial charge on any atom is -0.451 e. The number of carbonyl (C=O) groups excluding carboxylic acids is 2. The van der Waals surface area contributed by atoms with Gasteiger partial charge in [-0.05, 0) is 50.3 Å². The highest BCUT2D eigenvalue weighted by atomic mass is 16.5. The lowest BCUT2D eigenvalue weighted by molar-refractivity contribution is -0.150. The number of aryl methyl sites for hydroxylation is 1. The standard InChI is InChI=1S/C24H32N4O3/c1-17(2)14-28-18(3)11-20(19(28)4)12-21(13-25)23(30)31-15-22(29)27(5)24(16-26)9-7-6-8-10-24/h11-12,17H,6-10,14-15H2,1-5H3/b21-12+. The predicted octanol–water partition coefficient (Wildman–Crippen LogP) is 3.90. The Morgan fingerprint density at radius 2 is 1.90 bits per heavy atom. The maximum atomic E-state index is 12.6. The van der Waals surface area contributed by atoms with Crippen molar-refractivity contribution in [3.63, 3.8) is 0 Å². The third-order valence-electron chi connectivity index (χ3n) is 6.03. The van der Waals surface area contributed by atoms with E-state index in [1.807, 2.05) is 26.0 Å². The van der Waals surface area contributed by atoms with Crippen molar-refractivity contribution in [2.24, 2.45) is 5.92 Å². The molecule has 0 radical (unpaired) electrons. The van der Waals surface area contributed by atoms with Gasteiger partial charge in [0.15, 0.2) is 6.61 Å². The zero-order valence-electron chi connectivity index (χ0n) is 19.2. The zero-order valence-corrected chi connectivity index (χ0v) is 19.2. The lowest BCUT2D eigenvalue weighted by atomic mass is 9.81. The molecule has 1 saturated carbocycles. The number of aromatic nitrogens is 1. The number of rotatable bonds is 7. The van der Waals surface area contributed by atoms with E-state index in [1.54, 1.807) is 7.05 Å². The summed E-state index contributed by atoms with van der Waals surface area (Å²) in [6, 6.07) is 6.09. The number of esters is 1. The Balaban J connectivity index is 2.09.